The Balaban J connectivity index is 0.000000242. The molecule has 1 heterocycles. The molecule has 25 heavy (non-hydrogen) atoms. The Kier molecular flexibility index (Phi) is 5.25. The topological polar surface area (TPSA) is 54.4 Å². The second kappa shape index (κ2) is 6.64. The van der Waals surface area contributed by atoms with E-state index in [1.54, 1.807) is 48.5 Å². The van der Waals surface area contributed by atoms with Crippen molar-refractivity contribution >= 4 is 42.9 Å². The summed E-state index contributed by atoms with van der Waals surface area (Å²) in [5.41, 5.74) is -5.53. The van der Waals surface area contributed by atoms with Crippen LogP contribution in [0.2, 0.25) is 0 Å². The maximum atomic E-state index is 13.2. The fourth-order valence-corrected chi connectivity index (χ4v) is 6.22. The molecule has 0 aliphatic carbocycles. The Morgan fingerprint density at radius 1 is 0.760 bits per heavy atom. The molecular weight excluding hydrogens is 441 g/mol. The standard InChI is InChI=1S/C13H8F3Se.CHF3O3S/c14-13(15,16)17-11-7-3-1-5-9(11)10-6-2-4-8-12(10)17;2-1(3,4)8(5,6)7/h1-8H;(H,5,6,7)/q+1;. The van der Waals surface area contributed by atoms with Gasteiger partial charge in [0.25, 0.3) is 0 Å². The van der Waals surface area contributed by atoms with E-state index in [1.807, 2.05) is 0 Å². The van der Waals surface area contributed by atoms with Crippen LogP contribution in [0.4, 0.5) is 26.3 Å². The normalized spacial score (nSPS) is 12.9. The number of rotatable bonds is 0. The van der Waals surface area contributed by atoms with Crippen LogP contribution in [0, 0.1) is 0 Å². The first-order valence-corrected chi connectivity index (χ1v) is 10.4. The number of alkyl halides is 6. The molecule has 0 aliphatic heterocycles. The Morgan fingerprint density at radius 3 is 1.36 bits per heavy atom. The van der Waals surface area contributed by atoms with Gasteiger partial charge in [0.15, 0.2) is 0 Å². The Bertz CT molecular complexity index is 951. The summed E-state index contributed by atoms with van der Waals surface area (Å²) in [7, 11) is -5.84. The number of hydrogen-bond acceptors (Lipinski definition) is 2. The second-order valence-corrected chi connectivity index (χ2v) is 10.2. The van der Waals surface area contributed by atoms with E-state index < -0.39 is 34.1 Å². The summed E-state index contributed by atoms with van der Waals surface area (Å²) in [4.78, 5) is 0. The Labute approximate surface area is 141 Å². The van der Waals surface area contributed by atoms with Gasteiger partial charge >= 0.3 is 115 Å². The average molecular weight is 450 g/mol. The molecule has 0 atom stereocenters. The molecule has 3 rings (SSSR count). The molecule has 0 bridgehead atoms. The van der Waals surface area contributed by atoms with Gasteiger partial charge in [0.2, 0.25) is 0 Å². The minimum Gasteiger partial charge on any atom is -0.279 e. The minimum absolute atomic E-state index is 0.487. The van der Waals surface area contributed by atoms with Gasteiger partial charge in [-0.2, -0.15) is 21.6 Å². The summed E-state index contributed by atoms with van der Waals surface area (Å²) < 4.78 is 98.0. The van der Waals surface area contributed by atoms with E-state index in [9.17, 15) is 26.3 Å². The summed E-state index contributed by atoms with van der Waals surface area (Å²) in [6.45, 7) is 0. The van der Waals surface area contributed by atoms with Crippen molar-refractivity contribution in [2.24, 2.45) is 0 Å². The average Bonchev–Trinajstić information content (AvgIpc) is 2.80. The monoisotopic (exact) mass is 451 g/mol. The van der Waals surface area contributed by atoms with Crippen LogP contribution in [0.1, 0.15) is 0 Å². The number of halogens is 6. The predicted octanol–water partition coefficient (Wildman–Crippen LogP) is 4.61. The molecule has 3 aromatic rings. The zero-order valence-corrected chi connectivity index (χ0v) is 14.5. The fourth-order valence-electron chi connectivity index (χ4n) is 2.10. The first-order valence-electron chi connectivity index (χ1n) is 6.37. The van der Waals surface area contributed by atoms with Crippen molar-refractivity contribution in [2.45, 2.75) is 10.6 Å². The minimum atomic E-state index is -5.84. The van der Waals surface area contributed by atoms with E-state index in [0.717, 1.165) is 10.8 Å². The van der Waals surface area contributed by atoms with Gasteiger partial charge in [0.05, 0.1) is 0 Å². The summed E-state index contributed by atoms with van der Waals surface area (Å²) in [6.07, 6.45) is 0. The summed E-state index contributed by atoms with van der Waals surface area (Å²) in [5.74, 6) is 0. The van der Waals surface area contributed by atoms with E-state index in [1.165, 1.54) is 0 Å². The van der Waals surface area contributed by atoms with E-state index in [4.69, 9.17) is 13.0 Å². The third-order valence-corrected chi connectivity index (χ3v) is 7.92. The molecule has 1 aromatic heterocycles. The van der Waals surface area contributed by atoms with Crippen molar-refractivity contribution in [2.75, 3.05) is 0 Å². The third-order valence-electron chi connectivity index (χ3n) is 3.03. The third kappa shape index (κ3) is 4.17. The molecule has 1 N–H and O–H groups in total. The molecule has 0 saturated carbocycles. The number of hydrogen-bond donors (Lipinski definition) is 1. The van der Waals surface area contributed by atoms with Gasteiger partial charge in [-0.15, -0.1) is 0 Å². The van der Waals surface area contributed by atoms with Gasteiger partial charge in [-0.05, 0) is 0 Å². The van der Waals surface area contributed by atoms with Crippen molar-refractivity contribution in [3.05, 3.63) is 48.5 Å². The predicted molar refractivity (Wildman–Crippen MR) is 81.9 cm³/mol. The summed E-state index contributed by atoms with van der Waals surface area (Å²) in [6, 6.07) is 13.8. The molecule has 0 amide bonds. The zero-order valence-electron chi connectivity index (χ0n) is 12.0. The van der Waals surface area contributed by atoms with E-state index in [-0.39, 0.29) is 0 Å². The van der Waals surface area contributed by atoms with Crippen molar-refractivity contribution in [3.63, 3.8) is 0 Å². The van der Waals surface area contributed by atoms with Crippen LogP contribution in [0.3, 0.4) is 0 Å². The van der Waals surface area contributed by atoms with E-state index >= 15 is 0 Å². The summed E-state index contributed by atoms with van der Waals surface area (Å²) in [5, 5.41) is -2.60. The zero-order chi connectivity index (χ0) is 19.0. The van der Waals surface area contributed by atoms with Gasteiger partial charge in [-0.25, -0.2) is 0 Å². The SMILES string of the molecule is FC(F)(F)[se+]1c2ccccc2c2ccccc21.O=S(=O)(O)C(F)(F)F. The maximum Gasteiger partial charge on any atom is 0.522 e. The van der Waals surface area contributed by atoms with Crippen LogP contribution < -0.4 is 0 Å². The van der Waals surface area contributed by atoms with Crippen molar-refractivity contribution in [1.82, 2.24) is 0 Å². The van der Waals surface area contributed by atoms with Gasteiger partial charge < -0.3 is 0 Å². The van der Waals surface area contributed by atoms with E-state index in [0.29, 0.717) is 8.52 Å². The van der Waals surface area contributed by atoms with Crippen molar-refractivity contribution in [1.29, 1.82) is 0 Å². The van der Waals surface area contributed by atoms with Crippen LogP contribution >= 0.6 is 0 Å². The molecule has 3 nitrogen and oxygen atoms in total. The van der Waals surface area contributed by atoms with Crippen molar-refractivity contribution < 1.29 is 39.3 Å². The molecule has 0 spiro atoms. The number of fused-ring (bicyclic) bond motifs is 3. The van der Waals surface area contributed by atoms with Gasteiger partial charge in [0, 0.05) is 0 Å². The van der Waals surface area contributed by atoms with Crippen LogP contribution in [-0.4, -0.2) is 31.9 Å². The van der Waals surface area contributed by atoms with Crippen LogP contribution in [0.5, 0.6) is 0 Å². The Morgan fingerprint density at radius 2 is 1.08 bits per heavy atom. The molecular formula is C14H9F6O3SSe+. The maximum absolute atomic E-state index is 13.2. The quantitative estimate of drug-likeness (QED) is 0.236. The van der Waals surface area contributed by atoms with Gasteiger partial charge in [-0.1, -0.05) is 0 Å². The smallest absolute Gasteiger partial charge is 0.279 e. The molecule has 0 fully saturated rings. The number of benzene rings is 2. The second-order valence-electron chi connectivity index (χ2n) is 4.67. The van der Waals surface area contributed by atoms with Gasteiger partial charge in [-0.3, -0.25) is 4.55 Å². The Hall–Kier alpha value is -1.55. The van der Waals surface area contributed by atoms with Crippen molar-refractivity contribution in [3.8, 4) is 0 Å². The van der Waals surface area contributed by atoms with E-state index in [2.05, 4.69) is 0 Å². The molecule has 2 aromatic carbocycles. The molecule has 0 unspecified atom stereocenters. The first kappa shape index (κ1) is 19.8. The van der Waals surface area contributed by atoms with Gasteiger partial charge in [0.1, 0.15) is 0 Å². The molecule has 0 radical (unpaired) electrons. The molecule has 0 aliphatic rings. The summed E-state index contributed by atoms with van der Waals surface area (Å²) >= 11 is -2.91. The molecule has 0 saturated heterocycles. The molecule has 136 valence electrons. The van der Waals surface area contributed by atoms with Crippen LogP contribution in [0.25, 0.3) is 19.3 Å². The largest absolute Gasteiger partial charge is 0.522 e. The van der Waals surface area contributed by atoms with Crippen LogP contribution in [-0.2, 0) is 15.2 Å². The van der Waals surface area contributed by atoms with Crippen LogP contribution in [0.15, 0.2) is 48.5 Å². The fraction of sp³-hybridized carbons (Fsp3) is 0.143. The first-order chi connectivity index (χ1) is 11.3. The molecule has 11 heteroatoms.